The van der Waals surface area contributed by atoms with Crippen molar-refractivity contribution >= 4 is 0 Å². The Bertz CT molecular complexity index is 69.8. The van der Waals surface area contributed by atoms with Gasteiger partial charge in [-0.1, -0.05) is 0 Å². The molecular weight excluding hydrogens is 120 g/mol. The summed E-state index contributed by atoms with van der Waals surface area (Å²) in [5.41, 5.74) is 10.0. The zero-order chi connectivity index (χ0) is 7.33. The maximum Gasteiger partial charge on any atom is 0.219 e. The molecular formula is C5H14N2O2. The van der Waals surface area contributed by atoms with Crippen LogP contribution in [0.25, 0.3) is 0 Å². The summed E-state index contributed by atoms with van der Waals surface area (Å²) in [5.74, 6) is -2.00. The predicted octanol–water partition coefficient (Wildman–Crippen LogP) is -1.29. The number of hydrogen-bond acceptors (Lipinski definition) is 4. The summed E-state index contributed by atoms with van der Waals surface area (Å²) in [6.07, 6.45) is 1.62. The van der Waals surface area contributed by atoms with E-state index in [0.29, 0.717) is 13.0 Å². The quantitative estimate of drug-likeness (QED) is 0.284. The van der Waals surface area contributed by atoms with Crippen LogP contribution in [0.2, 0.25) is 0 Å². The van der Waals surface area contributed by atoms with Crippen LogP contribution in [0.1, 0.15) is 19.3 Å². The van der Waals surface area contributed by atoms with Crippen LogP contribution in [0.5, 0.6) is 0 Å². The number of aliphatic hydroxyl groups is 2. The fourth-order valence-corrected chi connectivity index (χ4v) is 0.530. The molecule has 0 aliphatic rings. The summed E-state index contributed by atoms with van der Waals surface area (Å²) in [4.78, 5) is 0. The average molecular weight is 134 g/mol. The third-order valence-corrected chi connectivity index (χ3v) is 0.999. The molecule has 0 atom stereocenters. The third kappa shape index (κ3) is 7.84. The van der Waals surface area contributed by atoms with Crippen LogP contribution in [0.15, 0.2) is 0 Å². The summed E-state index contributed by atoms with van der Waals surface area (Å²) < 4.78 is 0. The van der Waals surface area contributed by atoms with Crippen molar-refractivity contribution in [3.05, 3.63) is 0 Å². The van der Waals surface area contributed by atoms with E-state index in [1.165, 1.54) is 0 Å². The second-order valence-corrected chi connectivity index (χ2v) is 2.12. The average Bonchev–Trinajstić information content (AvgIpc) is 1.63. The zero-order valence-electron chi connectivity index (χ0n) is 5.38. The van der Waals surface area contributed by atoms with Crippen LogP contribution >= 0.6 is 0 Å². The minimum absolute atomic E-state index is 0.185. The lowest BCUT2D eigenvalue weighted by Gasteiger charge is -2.13. The predicted molar refractivity (Wildman–Crippen MR) is 34.3 cm³/mol. The molecule has 0 aromatic rings. The highest BCUT2D eigenvalue weighted by Crippen LogP contribution is 2.02. The van der Waals surface area contributed by atoms with Crippen molar-refractivity contribution < 1.29 is 10.2 Å². The Hall–Kier alpha value is -0.160. The molecule has 0 amide bonds. The molecule has 9 heavy (non-hydrogen) atoms. The molecule has 4 nitrogen and oxygen atoms in total. The summed E-state index contributed by atoms with van der Waals surface area (Å²) in [7, 11) is 0. The van der Waals surface area contributed by atoms with Gasteiger partial charge in [-0.3, -0.25) is 5.73 Å². The van der Waals surface area contributed by atoms with E-state index in [4.69, 9.17) is 21.7 Å². The molecule has 0 heterocycles. The standard InChI is InChI=1S/C5H14N2O2/c6-4-2-1-3-5(7,8)9/h8-9H,1-4,6-7H2. The summed E-state index contributed by atoms with van der Waals surface area (Å²) in [6, 6.07) is 0. The summed E-state index contributed by atoms with van der Waals surface area (Å²) in [5, 5.41) is 17.1. The fourth-order valence-electron chi connectivity index (χ4n) is 0.530. The number of hydrogen-bond donors (Lipinski definition) is 4. The third-order valence-electron chi connectivity index (χ3n) is 0.999. The Kier molecular flexibility index (Phi) is 3.72. The van der Waals surface area contributed by atoms with Crippen LogP contribution in [0.3, 0.4) is 0 Å². The van der Waals surface area contributed by atoms with Crippen molar-refractivity contribution in [3.8, 4) is 0 Å². The molecule has 0 spiro atoms. The minimum atomic E-state index is -2.00. The Labute approximate surface area is 54.5 Å². The van der Waals surface area contributed by atoms with Crippen molar-refractivity contribution in [3.63, 3.8) is 0 Å². The maximum absolute atomic E-state index is 8.54. The number of rotatable bonds is 4. The Morgan fingerprint density at radius 1 is 1.22 bits per heavy atom. The van der Waals surface area contributed by atoms with Gasteiger partial charge >= 0.3 is 0 Å². The van der Waals surface area contributed by atoms with Gasteiger partial charge < -0.3 is 15.9 Å². The molecule has 0 bridgehead atoms. The number of unbranched alkanes of at least 4 members (excludes halogenated alkanes) is 1. The minimum Gasteiger partial charge on any atom is -0.354 e. The lowest BCUT2D eigenvalue weighted by Crippen LogP contribution is -2.38. The molecule has 0 radical (unpaired) electrons. The fraction of sp³-hybridized carbons (Fsp3) is 1.00. The van der Waals surface area contributed by atoms with E-state index in [0.717, 1.165) is 6.42 Å². The molecule has 56 valence electrons. The molecule has 0 aromatic heterocycles. The Morgan fingerprint density at radius 2 is 1.78 bits per heavy atom. The maximum atomic E-state index is 8.54. The van der Waals surface area contributed by atoms with Gasteiger partial charge in [0.15, 0.2) is 0 Å². The number of nitrogens with two attached hydrogens (primary N) is 2. The molecule has 0 fully saturated rings. The molecule has 0 aliphatic carbocycles. The normalized spacial score (nSPS) is 12.0. The van der Waals surface area contributed by atoms with Crippen molar-refractivity contribution in [2.24, 2.45) is 11.5 Å². The Balaban J connectivity index is 3.07. The summed E-state index contributed by atoms with van der Waals surface area (Å²) >= 11 is 0. The lowest BCUT2D eigenvalue weighted by atomic mass is 10.2. The monoisotopic (exact) mass is 134 g/mol. The van der Waals surface area contributed by atoms with Gasteiger partial charge in [0.25, 0.3) is 0 Å². The van der Waals surface area contributed by atoms with E-state index < -0.39 is 5.91 Å². The van der Waals surface area contributed by atoms with Gasteiger partial charge in [0.05, 0.1) is 0 Å². The van der Waals surface area contributed by atoms with Gasteiger partial charge in [-0.15, -0.1) is 0 Å². The van der Waals surface area contributed by atoms with Gasteiger partial charge in [0, 0.05) is 6.42 Å². The van der Waals surface area contributed by atoms with Crippen LogP contribution in [-0.4, -0.2) is 22.7 Å². The van der Waals surface area contributed by atoms with Crippen LogP contribution < -0.4 is 11.5 Å². The van der Waals surface area contributed by atoms with Gasteiger partial charge in [0.1, 0.15) is 0 Å². The van der Waals surface area contributed by atoms with E-state index in [1.54, 1.807) is 0 Å². The molecule has 0 aliphatic heterocycles. The van der Waals surface area contributed by atoms with Crippen molar-refractivity contribution in [1.82, 2.24) is 0 Å². The molecule has 0 saturated heterocycles. The zero-order valence-corrected chi connectivity index (χ0v) is 5.38. The summed E-state index contributed by atoms with van der Waals surface area (Å²) in [6.45, 7) is 0.566. The molecule has 0 rings (SSSR count). The second-order valence-electron chi connectivity index (χ2n) is 2.12. The van der Waals surface area contributed by atoms with E-state index in [-0.39, 0.29) is 6.42 Å². The van der Waals surface area contributed by atoms with Gasteiger partial charge in [-0.2, -0.15) is 0 Å². The van der Waals surface area contributed by atoms with Crippen LogP contribution in [0.4, 0.5) is 0 Å². The van der Waals surface area contributed by atoms with Crippen LogP contribution in [0, 0.1) is 0 Å². The molecule has 0 saturated carbocycles. The van der Waals surface area contributed by atoms with Gasteiger partial charge in [0.2, 0.25) is 5.91 Å². The van der Waals surface area contributed by atoms with Gasteiger partial charge in [-0.25, -0.2) is 0 Å². The smallest absolute Gasteiger partial charge is 0.219 e. The first-order chi connectivity index (χ1) is 4.06. The lowest BCUT2D eigenvalue weighted by molar-refractivity contribution is -0.160. The topological polar surface area (TPSA) is 92.5 Å². The molecule has 6 N–H and O–H groups in total. The van der Waals surface area contributed by atoms with Crippen molar-refractivity contribution in [2.75, 3.05) is 6.54 Å². The van der Waals surface area contributed by atoms with E-state index in [2.05, 4.69) is 0 Å². The van der Waals surface area contributed by atoms with Crippen molar-refractivity contribution in [1.29, 1.82) is 0 Å². The van der Waals surface area contributed by atoms with Crippen molar-refractivity contribution in [2.45, 2.75) is 25.2 Å². The van der Waals surface area contributed by atoms with Crippen LogP contribution in [-0.2, 0) is 0 Å². The largest absolute Gasteiger partial charge is 0.354 e. The first-order valence-corrected chi connectivity index (χ1v) is 3.00. The first kappa shape index (κ1) is 8.84. The van der Waals surface area contributed by atoms with E-state index >= 15 is 0 Å². The Morgan fingerprint density at radius 3 is 2.11 bits per heavy atom. The molecule has 0 unspecified atom stereocenters. The second kappa shape index (κ2) is 3.79. The van der Waals surface area contributed by atoms with E-state index in [1.807, 2.05) is 0 Å². The highest BCUT2D eigenvalue weighted by molar-refractivity contribution is 4.53. The van der Waals surface area contributed by atoms with Gasteiger partial charge in [-0.05, 0) is 19.4 Å². The first-order valence-electron chi connectivity index (χ1n) is 3.00. The molecule has 0 aromatic carbocycles. The highest BCUT2D eigenvalue weighted by Gasteiger charge is 2.13. The SMILES string of the molecule is NCCCCC(N)(O)O. The molecule has 4 heteroatoms. The highest BCUT2D eigenvalue weighted by atomic mass is 16.5. The van der Waals surface area contributed by atoms with E-state index in [9.17, 15) is 0 Å².